The monoisotopic (exact) mass is 504 g/mol. The molecule has 34 heavy (non-hydrogen) atoms. The van der Waals surface area contributed by atoms with E-state index >= 15 is 0 Å². The van der Waals surface area contributed by atoms with E-state index in [0.717, 1.165) is 48.8 Å². The molecule has 0 radical (unpaired) electrons. The number of hydrogen-bond donors (Lipinski definition) is 2. The molecule has 3 aromatic rings. The fraction of sp³-hybridized carbons (Fsp3) is 0.385. The van der Waals surface area contributed by atoms with Crippen LogP contribution in [0.15, 0.2) is 59.5 Å². The average molecular weight is 505 g/mol. The van der Waals surface area contributed by atoms with Crippen molar-refractivity contribution < 1.29 is 18.6 Å². The Hall–Kier alpha value is -2.00. The number of halogens is 1. The fourth-order valence-electron chi connectivity index (χ4n) is 4.22. The molecule has 4 rings (SSSR count). The average Bonchev–Trinajstić information content (AvgIpc) is 3.30. The van der Waals surface area contributed by atoms with Gasteiger partial charge in [-0.25, -0.2) is 0 Å². The van der Waals surface area contributed by atoms with Crippen molar-refractivity contribution in [3.8, 4) is 11.5 Å². The highest BCUT2D eigenvalue weighted by Gasteiger charge is 2.27. The molecule has 184 valence electrons. The molecule has 0 saturated carbocycles. The van der Waals surface area contributed by atoms with Gasteiger partial charge in [-0.2, -0.15) is 4.31 Å². The first kappa shape index (κ1) is 25.1. The minimum absolute atomic E-state index is 0.163. The van der Waals surface area contributed by atoms with Crippen molar-refractivity contribution in [1.29, 1.82) is 0 Å². The molecule has 0 amide bonds. The van der Waals surface area contributed by atoms with Crippen LogP contribution < -0.4 is 9.47 Å². The summed E-state index contributed by atoms with van der Waals surface area (Å²) in [5.74, 6) is 1.24. The zero-order valence-corrected chi connectivity index (χ0v) is 21.3. The minimum Gasteiger partial charge on any atom is -0.454 e. The summed E-state index contributed by atoms with van der Waals surface area (Å²) in [5.41, 5.74) is 0.774. The molecule has 1 aliphatic heterocycles. The van der Waals surface area contributed by atoms with Crippen molar-refractivity contribution in [3.63, 3.8) is 0 Å². The topological polar surface area (TPSA) is 65.4 Å². The maximum absolute atomic E-state index is 11.5. The summed E-state index contributed by atoms with van der Waals surface area (Å²) < 4.78 is 35.7. The van der Waals surface area contributed by atoms with Gasteiger partial charge >= 0.3 is 0 Å². The number of hydrogen-bond acceptors (Lipinski definition) is 6. The van der Waals surface area contributed by atoms with Crippen molar-refractivity contribution in [2.24, 2.45) is 0 Å². The predicted molar refractivity (Wildman–Crippen MR) is 140 cm³/mol. The molecular formula is C26H33ClN2O4S. The second kappa shape index (κ2) is 11.2. The third kappa shape index (κ3) is 5.62. The van der Waals surface area contributed by atoms with Crippen molar-refractivity contribution >= 4 is 33.1 Å². The largest absolute Gasteiger partial charge is 0.454 e. The highest BCUT2D eigenvalue weighted by atomic mass is 35.5. The second-order valence-electron chi connectivity index (χ2n) is 8.42. The summed E-state index contributed by atoms with van der Waals surface area (Å²) in [6, 6.07) is 17.1. The minimum atomic E-state index is -3.24. The zero-order valence-electron chi connectivity index (χ0n) is 19.7. The van der Waals surface area contributed by atoms with Crippen LogP contribution in [0, 0.1) is 0 Å². The van der Waals surface area contributed by atoms with Gasteiger partial charge in [-0.3, -0.25) is 9.11 Å². The molecule has 0 aliphatic carbocycles. The van der Waals surface area contributed by atoms with E-state index in [4.69, 9.17) is 21.1 Å². The van der Waals surface area contributed by atoms with Gasteiger partial charge in [0, 0.05) is 24.2 Å². The Morgan fingerprint density at radius 1 is 0.882 bits per heavy atom. The summed E-state index contributed by atoms with van der Waals surface area (Å²) in [7, 11) is -3.24. The molecule has 0 unspecified atom stereocenters. The van der Waals surface area contributed by atoms with Crippen LogP contribution in [0.2, 0.25) is 5.02 Å². The number of unbranched alkanes of at least 4 members (excludes halogenated alkanes) is 1. The Balaban J connectivity index is 1.59. The van der Waals surface area contributed by atoms with Crippen LogP contribution in [-0.4, -0.2) is 51.3 Å². The number of fused-ring (bicyclic) bond motifs is 2. The first-order valence-electron chi connectivity index (χ1n) is 11.7. The Labute approximate surface area is 208 Å². The van der Waals surface area contributed by atoms with Gasteiger partial charge in [0.2, 0.25) is 6.79 Å². The van der Waals surface area contributed by atoms with E-state index in [-0.39, 0.29) is 13.3 Å². The summed E-state index contributed by atoms with van der Waals surface area (Å²) in [6.45, 7) is 8.31. The SMILES string of the molecule is CCN(CC)CCCCN(Cc1cc2c(cc1Cl)OCO2)S(O)(O)c1ccc2ccccc2c1. The van der Waals surface area contributed by atoms with Gasteiger partial charge in [-0.05, 0) is 67.0 Å². The van der Waals surface area contributed by atoms with E-state index < -0.39 is 10.8 Å². The van der Waals surface area contributed by atoms with Gasteiger partial charge in [-0.15, -0.1) is 10.8 Å². The van der Waals surface area contributed by atoms with Gasteiger partial charge in [0.15, 0.2) is 11.5 Å². The van der Waals surface area contributed by atoms with Crippen LogP contribution in [0.3, 0.4) is 0 Å². The first-order valence-corrected chi connectivity index (χ1v) is 13.6. The van der Waals surface area contributed by atoms with Crippen molar-refractivity contribution in [3.05, 3.63) is 65.2 Å². The molecular weight excluding hydrogens is 472 g/mol. The molecule has 6 nitrogen and oxygen atoms in total. The van der Waals surface area contributed by atoms with Gasteiger partial charge < -0.3 is 14.4 Å². The number of benzene rings is 3. The maximum atomic E-state index is 11.5. The summed E-state index contributed by atoms with van der Waals surface area (Å²) in [4.78, 5) is 2.88. The Morgan fingerprint density at radius 3 is 2.29 bits per heavy atom. The van der Waals surface area contributed by atoms with Crippen molar-refractivity contribution in [2.45, 2.75) is 38.1 Å². The number of rotatable bonds is 11. The quantitative estimate of drug-likeness (QED) is 0.278. The van der Waals surface area contributed by atoms with E-state index in [1.165, 1.54) is 0 Å². The lowest BCUT2D eigenvalue weighted by Crippen LogP contribution is -2.30. The van der Waals surface area contributed by atoms with Gasteiger partial charge in [0.25, 0.3) is 0 Å². The maximum Gasteiger partial charge on any atom is 0.231 e. The Morgan fingerprint density at radius 2 is 1.56 bits per heavy atom. The van der Waals surface area contributed by atoms with Crippen LogP contribution in [-0.2, 0) is 6.54 Å². The molecule has 8 heteroatoms. The molecule has 2 N–H and O–H groups in total. The summed E-state index contributed by atoms with van der Waals surface area (Å²) in [6.07, 6.45) is 1.81. The van der Waals surface area contributed by atoms with E-state index in [1.807, 2.05) is 48.5 Å². The summed E-state index contributed by atoms with van der Waals surface area (Å²) >= 11 is 6.54. The highest BCUT2D eigenvalue weighted by molar-refractivity contribution is 8.22. The van der Waals surface area contributed by atoms with Gasteiger partial charge in [0.1, 0.15) is 0 Å². The molecule has 0 atom stereocenters. The van der Waals surface area contributed by atoms with Crippen LogP contribution in [0.25, 0.3) is 10.8 Å². The third-order valence-corrected chi connectivity index (χ3v) is 8.58. The molecule has 0 saturated heterocycles. The van der Waals surface area contributed by atoms with Gasteiger partial charge in [0.05, 0.1) is 4.90 Å². The second-order valence-corrected chi connectivity index (χ2v) is 10.9. The predicted octanol–water partition coefficient (Wildman–Crippen LogP) is 6.87. The lowest BCUT2D eigenvalue weighted by molar-refractivity contribution is 0.174. The van der Waals surface area contributed by atoms with Crippen LogP contribution in [0.1, 0.15) is 32.3 Å². The molecule has 0 aromatic heterocycles. The molecule has 0 bridgehead atoms. The van der Waals surface area contributed by atoms with E-state index in [1.54, 1.807) is 10.4 Å². The molecule has 1 aliphatic rings. The fourth-order valence-corrected chi connectivity index (χ4v) is 5.97. The highest BCUT2D eigenvalue weighted by Crippen LogP contribution is 2.53. The molecule has 0 fully saturated rings. The third-order valence-electron chi connectivity index (χ3n) is 6.31. The number of ether oxygens (including phenoxy) is 2. The Kier molecular flexibility index (Phi) is 8.24. The van der Waals surface area contributed by atoms with E-state index in [9.17, 15) is 9.11 Å². The summed E-state index contributed by atoms with van der Waals surface area (Å²) in [5, 5.41) is 2.56. The lowest BCUT2D eigenvalue weighted by Gasteiger charge is -2.43. The van der Waals surface area contributed by atoms with Crippen LogP contribution in [0.4, 0.5) is 0 Å². The smallest absolute Gasteiger partial charge is 0.231 e. The standard InChI is InChI=1S/C26H33ClN2O4S/c1-3-28(4-2)13-7-8-14-29(18-22-16-25-26(17-24(22)27)33-19-32-25)34(30,31)23-12-11-20-9-5-6-10-21(20)15-23/h5-6,9-12,15-17,30-31H,3-4,7-8,13-14,18-19H2,1-2H3. The zero-order chi connectivity index (χ0) is 24.1. The lowest BCUT2D eigenvalue weighted by atomic mass is 10.1. The number of nitrogens with zero attached hydrogens (tertiary/aromatic N) is 2. The molecule has 3 aromatic carbocycles. The molecule has 0 spiro atoms. The van der Waals surface area contributed by atoms with Crippen LogP contribution >= 0.6 is 22.4 Å². The van der Waals surface area contributed by atoms with Crippen molar-refractivity contribution in [2.75, 3.05) is 33.0 Å². The van der Waals surface area contributed by atoms with Gasteiger partial charge in [-0.1, -0.05) is 55.8 Å². The first-order chi connectivity index (χ1) is 16.4. The van der Waals surface area contributed by atoms with E-state index in [0.29, 0.717) is 28.0 Å². The molecule has 1 heterocycles. The normalized spacial score (nSPS) is 13.9. The van der Waals surface area contributed by atoms with Crippen LogP contribution in [0.5, 0.6) is 11.5 Å². The van der Waals surface area contributed by atoms with E-state index in [2.05, 4.69) is 18.7 Å². The Bertz CT molecular complexity index is 1120. The van der Waals surface area contributed by atoms with Crippen molar-refractivity contribution in [1.82, 2.24) is 9.21 Å².